The fraction of sp³-hybridized carbons (Fsp3) is 0.200. The molecule has 4 nitrogen and oxygen atoms in total. The third kappa shape index (κ3) is 4.95. The molecule has 6 heteroatoms. The van der Waals surface area contributed by atoms with E-state index in [1.165, 1.54) is 38.1 Å². The van der Waals surface area contributed by atoms with Gasteiger partial charge in [-0.25, -0.2) is 9.18 Å². The van der Waals surface area contributed by atoms with Crippen LogP contribution < -0.4 is 4.74 Å². The number of halogens is 1. The highest BCUT2D eigenvalue weighted by atomic mass is 32.2. The summed E-state index contributed by atoms with van der Waals surface area (Å²) in [5.74, 6) is -2.24. The first-order chi connectivity index (χ1) is 12.2. The molecule has 0 aliphatic carbocycles. The fourth-order valence-corrected chi connectivity index (χ4v) is 2.45. The number of hydrogen-bond donors (Lipinski definition) is 1. The molecule has 26 heavy (non-hydrogen) atoms. The van der Waals surface area contributed by atoms with Gasteiger partial charge in [-0.1, -0.05) is 12.1 Å². The lowest BCUT2D eigenvalue weighted by molar-refractivity contribution is -0.152. The molecule has 0 amide bonds. The van der Waals surface area contributed by atoms with Gasteiger partial charge >= 0.3 is 5.97 Å². The van der Waals surface area contributed by atoms with Crippen molar-refractivity contribution in [3.8, 4) is 5.75 Å². The van der Waals surface area contributed by atoms with Gasteiger partial charge in [-0.2, -0.15) is 0 Å². The van der Waals surface area contributed by atoms with E-state index < -0.39 is 17.4 Å². The average Bonchev–Trinajstić information content (AvgIpc) is 2.61. The van der Waals surface area contributed by atoms with E-state index in [9.17, 15) is 14.0 Å². The van der Waals surface area contributed by atoms with Crippen molar-refractivity contribution >= 4 is 29.6 Å². The summed E-state index contributed by atoms with van der Waals surface area (Å²) < 4.78 is 19.3. The zero-order valence-corrected chi connectivity index (χ0v) is 15.5. The first-order valence-corrected chi connectivity index (χ1v) is 9.04. The van der Waals surface area contributed by atoms with Crippen molar-refractivity contribution < 1.29 is 23.8 Å². The van der Waals surface area contributed by atoms with Crippen LogP contribution in [0.25, 0.3) is 6.08 Å². The Morgan fingerprint density at radius 1 is 1.15 bits per heavy atom. The van der Waals surface area contributed by atoms with E-state index in [0.29, 0.717) is 11.1 Å². The van der Waals surface area contributed by atoms with Crippen molar-refractivity contribution in [1.29, 1.82) is 0 Å². The summed E-state index contributed by atoms with van der Waals surface area (Å²) in [6, 6.07) is 11.3. The molecule has 0 aliphatic heterocycles. The van der Waals surface area contributed by atoms with Crippen LogP contribution in [0.2, 0.25) is 0 Å². The number of carboxylic acid groups (broad SMARTS) is 1. The van der Waals surface area contributed by atoms with Crippen molar-refractivity contribution in [2.45, 2.75) is 24.3 Å². The summed E-state index contributed by atoms with van der Waals surface area (Å²) >= 11 is 1.59. The number of carbonyl (C=O) groups excluding carboxylic acids is 1. The lowest BCUT2D eigenvalue weighted by Gasteiger charge is -2.21. The number of carbonyl (C=O) groups is 2. The number of rotatable bonds is 7. The van der Waals surface area contributed by atoms with Gasteiger partial charge < -0.3 is 9.84 Å². The lowest BCUT2D eigenvalue weighted by Crippen LogP contribution is -2.38. The van der Waals surface area contributed by atoms with Gasteiger partial charge in [-0.05, 0) is 68.1 Å². The zero-order valence-electron chi connectivity index (χ0n) is 14.7. The molecule has 0 spiro atoms. The SMILES string of the molecule is CSc1ccc(C(=O)/C=C/c2ccc(OC(C)(C)C(=O)O)c(F)c2)cc1. The van der Waals surface area contributed by atoms with Gasteiger partial charge in [0, 0.05) is 10.5 Å². The Bertz CT molecular complexity index is 841. The Balaban J connectivity index is 2.12. The van der Waals surface area contributed by atoms with Crippen LogP contribution in [0, 0.1) is 5.82 Å². The van der Waals surface area contributed by atoms with Crippen molar-refractivity contribution in [2.24, 2.45) is 0 Å². The smallest absolute Gasteiger partial charge is 0.347 e. The van der Waals surface area contributed by atoms with Crippen LogP contribution in [0.1, 0.15) is 29.8 Å². The third-order valence-corrected chi connectivity index (χ3v) is 4.38. The monoisotopic (exact) mass is 374 g/mol. The molecule has 2 rings (SSSR count). The molecule has 0 fully saturated rings. The maximum absolute atomic E-state index is 14.1. The number of benzene rings is 2. The number of hydrogen-bond acceptors (Lipinski definition) is 4. The minimum Gasteiger partial charge on any atom is -0.478 e. The lowest BCUT2D eigenvalue weighted by atomic mass is 10.1. The summed E-state index contributed by atoms with van der Waals surface area (Å²) in [6.45, 7) is 2.67. The molecule has 0 aliphatic rings. The van der Waals surface area contributed by atoms with Gasteiger partial charge in [0.1, 0.15) is 0 Å². The van der Waals surface area contributed by atoms with Crippen LogP contribution >= 0.6 is 11.8 Å². The van der Waals surface area contributed by atoms with Crippen molar-refractivity contribution in [3.63, 3.8) is 0 Å². The molecule has 0 radical (unpaired) electrons. The molecule has 0 heterocycles. The maximum atomic E-state index is 14.1. The predicted octanol–water partition coefficient (Wildman–Crippen LogP) is 4.69. The highest BCUT2D eigenvalue weighted by Crippen LogP contribution is 2.24. The summed E-state index contributed by atoms with van der Waals surface area (Å²) in [5.41, 5.74) is -0.531. The number of thioether (sulfide) groups is 1. The average molecular weight is 374 g/mol. The van der Waals surface area contributed by atoms with Crippen LogP contribution in [0.15, 0.2) is 53.4 Å². The fourth-order valence-electron chi connectivity index (χ4n) is 2.05. The second kappa shape index (κ2) is 8.19. The van der Waals surface area contributed by atoms with Crippen LogP contribution in [0.5, 0.6) is 5.75 Å². The Kier molecular flexibility index (Phi) is 6.21. The Hall–Kier alpha value is -2.60. The summed E-state index contributed by atoms with van der Waals surface area (Å²) in [5, 5.41) is 9.04. The highest BCUT2D eigenvalue weighted by Gasteiger charge is 2.30. The molecule has 2 aromatic carbocycles. The molecule has 1 N–H and O–H groups in total. The quantitative estimate of drug-likeness (QED) is 0.433. The summed E-state index contributed by atoms with van der Waals surface area (Å²) in [4.78, 5) is 24.3. The van der Waals surface area contributed by atoms with Crippen molar-refractivity contribution in [2.75, 3.05) is 6.26 Å². The van der Waals surface area contributed by atoms with E-state index >= 15 is 0 Å². The molecule has 0 atom stereocenters. The number of carboxylic acids is 1. The van der Waals surface area contributed by atoms with E-state index in [1.807, 2.05) is 18.4 Å². The molecule has 0 bridgehead atoms. The van der Waals surface area contributed by atoms with Crippen LogP contribution in [-0.2, 0) is 4.79 Å². The number of allylic oxidation sites excluding steroid dienone is 1. The highest BCUT2D eigenvalue weighted by molar-refractivity contribution is 7.98. The van der Waals surface area contributed by atoms with E-state index in [4.69, 9.17) is 9.84 Å². The standard InChI is InChI=1S/C20H19FO4S/c1-20(2,19(23)24)25-18-11-5-13(12-16(18)21)4-10-17(22)14-6-8-15(26-3)9-7-14/h4-12H,1-3H3,(H,23,24)/b10-4+. The van der Waals surface area contributed by atoms with Crippen molar-refractivity contribution in [3.05, 3.63) is 65.5 Å². The van der Waals surface area contributed by atoms with E-state index in [1.54, 1.807) is 30.0 Å². The van der Waals surface area contributed by atoms with Crippen molar-refractivity contribution in [1.82, 2.24) is 0 Å². The number of ketones is 1. The molecular formula is C20H19FO4S. The van der Waals surface area contributed by atoms with Crippen LogP contribution in [-0.4, -0.2) is 28.7 Å². The predicted molar refractivity (Wildman–Crippen MR) is 100 cm³/mol. The molecule has 2 aromatic rings. The molecule has 0 saturated heterocycles. The molecule has 0 saturated carbocycles. The second-order valence-electron chi connectivity index (χ2n) is 6.03. The van der Waals surface area contributed by atoms with E-state index in [-0.39, 0.29) is 11.5 Å². The molecular weight excluding hydrogens is 355 g/mol. The van der Waals surface area contributed by atoms with Gasteiger partial charge in [-0.3, -0.25) is 4.79 Å². The third-order valence-electron chi connectivity index (χ3n) is 3.64. The molecule has 136 valence electrons. The topological polar surface area (TPSA) is 63.6 Å². The van der Waals surface area contributed by atoms with E-state index in [2.05, 4.69) is 0 Å². The Labute approximate surface area is 155 Å². The normalized spacial score (nSPS) is 11.5. The van der Waals surface area contributed by atoms with Gasteiger partial charge in [0.05, 0.1) is 0 Å². The zero-order chi connectivity index (χ0) is 19.3. The Morgan fingerprint density at radius 2 is 1.81 bits per heavy atom. The maximum Gasteiger partial charge on any atom is 0.347 e. The van der Waals surface area contributed by atoms with Crippen LogP contribution in [0.3, 0.4) is 0 Å². The van der Waals surface area contributed by atoms with E-state index in [0.717, 1.165) is 4.90 Å². The largest absolute Gasteiger partial charge is 0.478 e. The van der Waals surface area contributed by atoms with Gasteiger partial charge in [-0.15, -0.1) is 11.8 Å². The first-order valence-electron chi connectivity index (χ1n) is 7.81. The second-order valence-corrected chi connectivity index (χ2v) is 6.91. The molecule has 0 aromatic heterocycles. The number of aliphatic carboxylic acids is 1. The Morgan fingerprint density at radius 3 is 2.35 bits per heavy atom. The van der Waals surface area contributed by atoms with Gasteiger partial charge in [0.2, 0.25) is 0 Å². The molecule has 0 unspecified atom stereocenters. The summed E-state index contributed by atoms with van der Waals surface area (Å²) in [6.07, 6.45) is 4.82. The minimum atomic E-state index is -1.54. The number of ether oxygens (including phenoxy) is 1. The minimum absolute atomic E-state index is 0.159. The van der Waals surface area contributed by atoms with Gasteiger partial charge in [0.25, 0.3) is 0 Å². The van der Waals surface area contributed by atoms with Crippen LogP contribution in [0.4, 0.5) is 4.39 Å². The first kappa shape index (κ1) is 19.7. The van der Waals surface area contributed by atoms with Gasteiger partial charge in [0.15, 0.2) is 23.0 Å². The summed E-state index contributed by atoms with van der Waals surface area (Å²) in [7, 11) is 0.